The van der Waals surface area contributed by atoms with Crippen molar-refractivity contribution in [1.29, 1.82) is 0 Å². The minimum Gasteiger partial charge on any atom is -0.280 e. The average Bonchev–Trinajstić information content (AvgIpc) is 2.45. The van der Waals surface area contributed by atoms with Crippen LogP contribution in [0.4, 0.5) is 0 Å². The first-order chi connectivity index (χ1) is 10.7. The van der Waals surface area contributed by atoms with Crippen molar-refractivity contribution in [2.24, 2.45) is 23.7 Å². The summed E-state index contributed by atoms with van der Waals surface area (Å²) in [6.07, 6.45) is 11.8. The normalized spacial score (nSPS) is 17.0. The molecule has 0 aliphatic heterocycles. The number of rotatable bonds is 14. The summed E-state index contributed by atoms with van der Waals surface area (Å²) in [6.45, 7) is 11.5. The van der Waals surface area contributed by atoms with Gasteiger partial charge in [0.2, 0.25) is 5.24 Å². The largest absolute Gasteiger partial charge is 0.280 e. The summed E-state index contributed by atoms with van der Waals surface area (Å²) in [6, 6.07) is 0. The van der Waals surface area contributed by atoms with E-state index in [4.69, 9.17) is 11.6 Å². The summed E-state index contributed by atoms with van der Waals surface area (Å²) >= 11 is 8.91. The van der Waals surface area contributed by atoms with Gasteiger partial charge in [0.15, 0.2) is 0 Å². The Morgan fingerprint density at radius 3 is 1.57 bits per heavy atom. The van der Waals surface area contributed by atoms with E-state index in [-0.39, 0.29) is 10.1 Å². The molecule has 0 saturated carbocycles. The zero-order valence-corrected chi connectivity index (χ0v) is 18.3. The number of carbonyl (C=O) groups is 1. The second-order valence-corrected chi connectivity index (χ2v) is 9.44. The van der Waals surface area contributed by atoms with Gasteiger partial charge in [-0.25, -0.2) is 0 Å². The van der Waals surface area contributed by atoms with Gasteiger partial charge >= 0.3 is 0 Å². The third-order valence-corrected chi connectivity index (χ3v) is 6.76. The summed E-state index contributed by atoms with van der Waals surface area (Å²) < 4.78 is 0. The van der Waals surface area contributed by atoms with E-state index in [9.17, 15) is 4.79 Å². The van der Waals surface area contributed by atoms with Crippen molar-refractivity contribution in [3.05, 3.63) is 0 Å². The van der Waals surface area contributed by atoms with Crippen LogP contribution in [0.5, 0.6) is 0 Å². The predicted octanol–water partition coefficient (Wildman–Crippen LogP) is 7.59. The van der Waals surface area contributed by atoms with Crippen LogP contribution < -0.4 is 0 Å². The van der Waals surface area contributed by atoms with Crippen molar-refractivity contribution in [3.8, 4) is 0 Å². The number of alkyl halides is 1. The van der Waals surface area contributed by atoms with E-state index in [1.807, 2.05) is 0 Å². The Morgan fingerprint density at radius 2 is 1.17 bits per heavy atom. The number of halogens is 2. The molecule has 23 heavy (non-hydrogen) atoms. The molecule has 0 aliphatic carbocycles. The van der Waals surface area contributed by atoms with Crippen molar-refractivity contribution < 1.29 is 4.79 Å². The Kier molecular flexibility index (Phi) is 14.0. The highest BCUT2D eigenvalue weighted by Crippen LogP contribution is 2.25. The molecule has 0 aliphatic rings. The van der Waals surface area contributed by atoms with Crippen LogP contribution in [0.1, 0.15) is 92.4 Å². The number of hydrogen-bond acceptors (Lipinski definition) is 1. The topological polar surface area (TPSA) is 17.1 Å². The fourth-order valence-electron chi connectivity index (χ4n) is 3.14. The maximum Gasteiger partial charge on any atom is 0.235 e. The first kappa shape index (κ1) is 23.4. The van der Waals surface area contributed by atoms with Gasteiger partial charge in [0.1, 0.15) is 0 Å². The van der Waals surface area contributed by atoms with Gasteiger partial charge in [0.25, 0.3) is 0 Å². The zero-order valence-electron chi connectivity index (χ0n) is 15.9. The lowest BCUT2D eigenvalue weighted by Crippen LogP contribution is -2.17. The molecule has 0 bridgehead atoms. The molecule has 0 saturated heterocycles. The fourth-order valence-corrected chi connectivity index (χ4v) is 3.62. The van der Waals surface area contributed by atoms with Gasteiger partial charge in [-0.3, -0.25) is 4.79 Å². The van der Waals surface area contributed by atoms with Gasteiger partial charge in [-0.2, -0.15) is 0 Å². The van der Waals surface area contributed by atoms with E-state index in [0.717, 1.165) is 24.2 Å². The van der Waals surface area contributed by atoms with Crippen LogP contribution in [0.3, 0.4) is 0 Å². The lowest BCUT2D eigenvalue weighted by molar-refractivity contribution is -0.111. The van der Waals surface area contributed by atoms with Crippen molar-refractivity contribution in [2.75, 3.05) is 0 Å². The smallest absolute Gasteiger partial charge is 0.235 e. The molecule has 138 valence electrons. The van der Waals surface area contributed by atoms with E-state index in [2.05, 4.69) is 50.5 Å². The Bertz CT molecular complexity index is 306. The molecular weight excluding hydrogens is 372 g/mol. The maximum absolute atomic E-state index is 11.1. The number of hydrogen-bond donors (Lipinski definition) is 0. The minimum absolute atomic E-state index is 0.189. The molecule has 0 aromatic rings. The predicted molar refractivity (Wildman–Crippen MR) is 107 cm³/mol. The van der Waals surface area contributed by atoms with Crippen LogP contribution in [0, 0.1) is 23.7 Å². The standard InChI is InChI=1S/C20H38BrClO/c1-15(2)9-6-10-16(3)11-7-12-17(4)13-8-14-18(5)19(21)20(22)23/h15-19H,6-14H2,1-5H3. The molecular formula is C20H38BrClO. The average molecular weight is 410 g/mol. The van der Waals surface area contributed by atoms with Gasteiger partial charge in [-0.1, -0.05) is 102 Å². The quantitative estimate of drug-likeness (QED) is 0.213. The van der Waals surface area contributed by atoms with Crippen LogP contribution in [0.15, 0.2) is 0 Å². The van der Waals surface area contributed by atoms with E-state index in [0.29, 0.717) is 5.92 Å². The second kappa shape index (κ2) is 13.7. The molecule has 4 unspecified atom stereocenters. The third-order valence-electron chi connectivity index (χ3n) is 4.95. The molecule has 0 spiro atoms. The molecule has 0 N–H and O–H groups in total. The molecule has 0 amide bonds. The van der Waals surface area contributed by atoms with Crippen molar-refractivity contribution in [3.63, 3.8) is 0 Å². The first-order valence-electron chi connectivity index (χ1n) is 9.57. The summed E-state index contributed by atoms with van der Waals surface area (Å²) in [7, 11) is 0. The molecule has 0 radical (unpaired) electrons. The molecule has 0 aromatic heterocycles. The van der Waals surface area contributed by atoms with Crippen LogP contribution in [-0.4, -0.2) is 10.1 Å². The van der Waals surface area contributed by atoms with Crippen LogP contribution >= 0.6 is 27.5 Å². The second-order valence-electron chi connectivity index (χ2n) is 8.08. The highest BCUT2D eigenvalue weighted by atomic mass is 79.9. The summed E-state index contributed by atoms with van der Waals surface area (Å²) in [4.78, 5) is 10.9. The molecule has 3 heteroatoms. The van der Waals surface area contributed by atoms with Crippen molar-refractivity contribution in [2.45, 2.75) is 97.2 Å². The van der Waals surface area contributed by atoms with Crippen molar-refractivity contribution in [1.82, 2.24) is 0 Å². The summed E-state index contributed by atoms with van der Waals surface area (Å²) in [5.74, 6) is 2.85. The SMILES string of the molecule is CC(C)CCCC(C)CCCC(C)CCCC(C)C(Br)C(=O)Cl. The summed E-state index contributed by atoms with van der Waals surface area (Å²) in [5, 5.41) is -0.267. The van der Waals surface area contributed by atoms with E-state index in [1.54, 1.807) is 0 Å². The highest BCUT2D eigenvalue weighted by molar-refractivity contribution is 9.10. The fraction of sp³-hybridized carbons (Fsp3) is 0.950. The Labute approximate surface area is 158 Å². The zero-order chi connectivity index (χ0) is 17.8. The molecule has 0 aromatic carbocycles. The van der Waals surface area contributed by atoms with Crippen molar-refractivity contribution >= 4 is 32.8 Å². The lowest BCUT2D eigenvalue weighted by Gasteiger charge is -2.17. The molecule has 4 atom stereocenters. The van der Waals surface area contributed by atoms with E-state index < -0.39 is 0 Å². The van der Waals surface area contributed by atoms with Gasteiger partial charge in [-0.15, -0.1) is 0 Å². The lowest BCUT2D eigenvalue weighted by atomic mass is 9.91. The Morgan fingerprint density at radius 1 is 0.783 bits per heavy atom. The summed E-state index contributed by atoms with van der Waals surface area (Å²) in [5.41, 5.74) is 0. The molecule has 0 rings (SSSR count). The van der Waals surface area contributed by atoms with Crippen LogP contribution in [-0.2, 0) is 4.79 Å². The Balaban J connectivity index is 3.63. The van der Waals surface area contributed by atoms with E-state index in [1.165, 1.54) is 51.4 Å². The molecule has 0 fully saturated rings. The van der Waals surface area contributed by atoms with E-state index >= 15 is 0 Å². The van der Waals surface area contributed by atoms with Gasteiger partial charge in [0.05, 0.1) is 4.83 Å². The van der Waals surface area contributed by atoms with Gasteiger partial charge < -0.3 is 0 Å². The maximum atomic E-state index is 11.1. The Hall–Kier alpha value is 0.440. The van der Waals surface area contributed by atoms with Crippen LogP contribution in [0.2, 0.25) is 0 Å². The first-order valence-corrected chi connectivity index (χ1v) is 10.9. The third kappa shape index (κ3) is 13.4. The van der Waals surface area contributed by atoms with Gasteiger partial charge in [-0.05, 0) is 41.7 Å². The highest BCUT2D eigenvalue weighted by Gasteiger charge is 2.19. The van der Waals surface area contributed by atoms with Gasteiger partial charge in [0, 0.05) is 0 Å². The number of carbonyl (C=O) groups excluding carboxylic acids is 1. The minimum atomic E-state index is -0.267. The van der Waals surface area contributed by atoms with Crippen LogP contribution in [0.25, 0.3) is 0 Å². The monoisotopic (exact) mass is 408 g/mol. The molecule has 1 nitrogen and oxygen atoms in total. The molecule has 0 heterocycles.